The molecule has 0 heterocycles. The number of hydrogen-bond donors (Lipinski definition) is 1. The summed E-state index contributed by atoms with van der Waals surface area (Å²) in [5, 5.41) is 3.16. The fourth-order valence-electron chi connectivity index (χ4n) is 1.76. The molecule has 0 aromatic carbocycles. The predicted molar refractivity (Wildman–Crippen MR) is 75.9 cm³/mol. The van der Waals surface area contributed by atoms with Crippen molar-refractivity contribution in [3.8, 4) is 0 Å². The fraction of sp³-hybridized carbons (Fsp3) is 0.917. The molecule has 1 N–H and O–H groups in total. The van der Waals surface area contributed by atoms with Gasteiger partial charge in [0.15, 0.2) is 0 Å². The summed E-state index contributed by atoms with van der Waals surface area (Å²) in [6.45, 7) is 5.27. The van der Waals surface area contributed by atoms with Crippen molar-refractivity contribution in [1.29, 1.82) is 0 Å². The first-order chi connectivity index (χ1) is 8.64. The largest absolute Gasteiger partial charge is 0.468 e. The van der Waals surface area contributed by atoms with Gasteiger partial charge in [-0.15, -0.1) is 0 Å². The number of carbonyl (C=O) groups is 1. The van der Waals surface area contributed by atoms with Gasteiger partial charge in [0.1, 0.15) is 15.4 Å². The summed E-state index contributed by atoms with van der Waals surface area (Å²) < 4.78 is 27.1. The van der Waals surface area contributed by atoms with Crippen molar-refractivity contribution < 1.29 is 17.9 Å². The first kappa shape index (κ1) is 18.3. The Balaban J connectivity index is 4.59. The Labute approximate surface area is 116 Å². The van der Waals surface area contributed by atoms with E-state index in [1.54, 1.807) is 14.0 Å². The molecule has 0 amide bonds. The Bertz CT molecular complexity index is 383. The zero-order chi connectivity index (χ0) is 15.1. The molecule has 0 spiro atoms. The Kier molecular flexibility index (Phi) is 7.54. The van der Waals surface area contributed by atoms with Crippen LogP contribution in [0.15, 0.2) is 0 Å². The van der Waals surface area contributed by atoms with Gasteiger partial charge >= 0.3 is 5.97 Å². The van der Waals surface area contributed by atoms with Crippen LogP contribution < -0.4 is 5.32 Å². The Morgan fingerprint density at radius 2 is 2.00 bits per heavy atom. The third-order valence-corrected chi connectivity index (χ3v) is 3.76. The molecule has 0 aliphatic rings. The molecule has 0 radical (unpaired) electrons. The van der Waals surface area contributed by atoms with Crippen LogP contribution >= 0.6 is 0 Å². The van der Waals surface area contributed by atoms with E-state index in [-0.39, 0.29) is 11.7 Å². The minimum Gasteiger partial charge on any atom is -0.468 e. The van der Waals surface area contributed by atoms with Crippen molar-refractivity contribution in [2.75, 3.05) is 45.8 Å². The lowest BCUT2D eigenvalue weighted by Gasteiger charge is -2.32. The average Bonchev–Trinajstić information content (AvgIpc) is 2.32. The lowest BCUT2D eigenvalue weighted by molar-refractivity contribution is -0.148. The smallest absolute Gasteiger partial charge is 0.327 e. The van der Waals surface area contributed by atoms with Gasteiger partial charge in [-0.3, -0.25) is 4.79 Å². The van der Waals surface area contributed by atoms with E-state index in [0.717, 1.165) is 6.42 Å². The number of esters is 1. The number of sulfone groups is 1. The van der Waals surface area contributed by atoms with Crippen LogP contribution in [0.25, 0.3) is 0 Å². The van der Waals surface area contributed by atoms with Crippen LogP contribution in [0.1, 0.15) is 20.3 Å². The molecule has 0 aliphatic carbocycles. The minimum atomic E-state index is -3.00. The quantitative estimate of drug-likeness (QED) is 0.598. The topological polar surface area (TPSA) is 75.7 Å². The summed E-state index contributed by atoms with van der Waals surface area (Å²) in [5.41, 5.74) is -0.822. The Morgan fingerprint density at radius 1 is 1.42 bits per heavy atom. The van der Waals surface area contributed by atoms with E-state index in [9.17, 15) is 13.2 Å². The lowest BCUT2D eigenvalue weighted by atomic mass is 10.0. The average molecular weight is 294 g/mol. The van der Waals surface area contributed by atoms with Gasteiger partial charge < -0.3 is 15.0 Å². The highest BCUT2D eigenvalue weighted by Gasteiger charge is 2.34. The van der Waals surface area contributed by atoms with Crippen LogP contribution in [0, 0.1) is 0 Å². The molecule has 0 aromatic heterocycles. The number of nitrogens with zero attached hydrogens (tertiary/aromatic N) is 1. The molecule has 0 bridgehead atoms. The number of carbonyl (C=O) groups excluding carboxylic acids is 1. The van der Waals surface area contributed by atoms with E-state index in [2.05, 4.69) is 5.32 Å². The van der Waals surface area contributed by atoms with Crippen LogP contribution in [-0.2, 0) is 19.4 Å². The van der Waals surface area contributed by atoms with E-state index in [1.165, 1.54) is 13.4 Å². The summed E-state index contributed by atoms with van der Waals surface area (Å²) in [6.07, 6.45) is 2.11. The highest BCUT2D eigenvalue weighted by atomic mass is 32.2. The van der Waals surface area contributed by atoms with E-state index in [0.29, 0.717) is 19.6 Å². The monoisotopic (exact) mass is 294 g/mol. The Morgan fingerprint density at radius 3 is 2.42 bits per heavy atom. The van der Waals surface area contributed by atoms with Crippen LogP contribution in [0.3, 0.4) is 0 Å². The van der Waals surface area contributed by atoms with E-state index >= 15 is 0 Å². The van der Waals surface area contributed by atoms with Crippen LogP contribution in [-0.4, -0.2) is 70.6 Å². The first-order valence-electron chi connectivity index (χ1n) is 6.34. The molecule has 114 valence electrons. The summed E-state index contributed by atoms with van der Waals surface area (Å²) >= 11 is 0. The van der Waals surface area contributed by atoms with Crippen molar-refractivity contribution in [2.45, 2.75) is 25.8 Å². The molecule has 0 saturated carbocycles. The number of ether oxygens (including phenoxy) is 1. The molecule has 0 rings (SSSR count). The number of methoxy groups -OCH3 is 1. The molecule has 1 unspecified atom stereocenters. The van der Waals surface area contributed by atoms with Crippen molar-refractivity contribution >= 4 is 15.8 Å². The molecule has 0 fully saturated rings. The maximum absolute atomic E-state index is 11.8. The molecular formula is C12H26N2O4S. The van der Waals surface area contributed by atoms with Gasteiger partial charge in [0.2, 0.25) is 0 Å². The van der Waals surface area contributed by atoms with Crippen molar-refractivity contribution in [1.82, 2.24) is 10.2 Å². The van der Waals surface area contributed by atoms with E-state index < -0.39 is 15.4 Å². The highest BCUT2D eigenvalue weighted by Crippen LogP contribution is 2.09. The molecule has 19 heavy (non-hydrogen) atoms. The maximum Gasteiger partial charge on any atom is 0.327 e. The zero-order valence-electron chi connectivity index (χ0n) is 12.5. The summed E-state index contributed by atoms with van der Waals surface area (Å²) in [6, 6.07) is 0. The van der Waals surface area contributed by atoms with Crippen LogP contribution in [0.5, 0.6) is 0 Å². The SMILES string of the molecule is CCCNC(C)(CN(C)CCS(C)(=O)=O)C(=O)OC. The van der Waals surface area contributed by atoms with Crippen molar-refractivity contribution in [3.05, 3.63) is 0 Å². The minimum absolute atomic E-state index is 0.0779. The highest BCUT2D eigenvalue weighted by molar-refractivity contribution is 7.90. The molecule has 0 saturated heterocycles. The van der Waals surface area contributed by atoms with Gasteiger partial charge in [-0.25, -0.2) is 8.42 Å². The van der Waals surface area contributed by atoms with Crippen LogP contribution in [0.2, 0.25) is 0 Å². The van der Waals surface area contributed by atoms with Gasteiger partial charge in [-0.2, -0.15) is 0 Å². The number of hydrogen-bond acceptors (Lipinski definition) is 6. The van der Waals surface area contributed by atoms with Crippen LogP contribution in [0.4, 0.5) is 0 Å². The molecular weight excluding hydrogens is 268 g/mol. The zero-order valence-corrected chi connectivity index (χ0v) is 13.3. The maximum atomic E-state index is 11.8. The van der Waals surface area contributed by atoms with Crippen molar-refractivity contribution in [3.63, 3.8) is 0 Å². The first-order valence-corrected chi connectivity index (χ1v) is 8.40. The van der Waals surface area contributed by atoms with Gasteiger partial charge in [-0.05, 0) is 26.9 Å². The van der Waals surface area contributed by atoms with Gasteiger partial charge in [0.25, 0.3) is 0 Å². The van der Waals surface area contributed by atoms with E-state index in [4.69, 9.17) is 4.74 Å². The van der Waals surface area contributed by atoms with Gasteiger partial charge in [0.05, 0.1) is 12.9 Å². The second-order valence-corrected chi connectivity index (χ2v) is 7.38. The van der Waals surface area contributed by atoms with Gasteiger partial charge in [0, 0.05) is 19.3 Å². The summed E-state index contributed by atoms with van der Waals surface area (Å²) in [7, 11) is 0.148. The van der Waals surface area contributed by atoms with E-state index in [1.807, 2.05) is 11.8 Å². The number of rotatable bonds is 9. The van der Waals surface area contributed by atoms with Crippen molar-refractivity contribution in [2.24, 2.45) is 0 Å². The molecule has 6 nitrogen and oxygen atoms in total. The third kappa shape index (κ3) is 7.49. The predicted octanol–water partition coefficient (Wildman–Crippen LogP) is -0.106. The fourth-order valence-corrected chi connectivity index (χ4v) is 2.40. The third-order valence-electron chi connectivity index (χ3n) is 2.83. The second kappa shape index (κ2) is 7.81. The Hall–Kier alpha value is -0.660. The molecule has 0 aromatic rings. The lowest BCUT2D eigenvalue weighted by Crippen LogP contribution is -2.57. The normalized spacial score (nSPS) is 15.3. The molecule has 7 heteroatoms. The number of likely N-dealkylation sites (N-methyl/N-ethyl adjacent to an activating group) is 1. The number of nitrogens with one attached hydrogen (secondary N) is 1. The second-order valence-electron chi connectivity index (χ2n) is 5.12. The van der Waals surface area contributed by atoms with Gasteiger partial charge in [-0.1, -0.05) is 6.92 Å². The standard InChI is InChI=1S/C12H26N2O4S/c1-6-7-13-12(2,11(15)18-4)10-14(3)8-9-19(5,16)17/h13H,6-10H2,1-5H3. The summed E-state index contributed by atoms with van der Waals surface area (Å²) in [4.78, 5) is 13.7. The summed E-state index contributed by atoms with van der Waals surface area (Å²) in [5.74, 6) is -0.263. The molecule has 0 aliphatic heterocycles. The molecule has 1 atom stereocenters.